The van der Waals surface area contributed by atoms with Gasteiger partial charge in [-0.1, -0.05) is 48.0 Å². The zero-order valence-corrected chi connectivity index (χ0v) is 11.9. The molecule has 0 radical (unpaired) electrons. The summed E-state index contributed by atoms with van der Waals surface area (Å²) in [6, 6.07) is 0. The first-order valence-corrected chi connectivity index (χ1v) is 6.62. The molecule has 0 fully saturated rings. The summed E-state index contributed by atoms with van der Waals surface area (Å²) in [5.74, 6) is 2.34. The SMILES string of the molecule is CC[C@@H](C)[C@@](CC)(CC(C)C(C)C)NC. The predicted octanol–water partition coefficient (Wildman–Crippen LogP) is 4.08. The smallest absolute Gasteiger partial charge is 0.0203 e. The molecule has 0 saturated carbocycles. The molecule has 0 spiro atoms. The fraction of sp³-hybridized carbons (Fsp3) is 1.00. The van der Waals surface area contributed by atoms with Gasteiger partial charge in [0.05, 0.1) is 0 Å². The molecular weight excluding hydrogens is 182 g/mol. The van der Waals surface area contributed by atoms with Crippen molar-refractivity contribution in [3.63, 3.8) is 0 Å². The fourth-order valence-corrected chi connectivity index (χ4v) is 2.42. The van der Waals surface area contributed by atoms with E-state index in [4.69, 9.17) is 0 Å². The largest absolute Gasteiger partial charge is 0.314 e. The van der Waals surface area contributed by atoms with Gasteiger partial charge in [-0.3, -0.25) is 0 Å². The standard InChI is InChI=1S/C14H31N/c1-8-13(6)14(9-2,15-7)10-12(5)11(3)4/h11-13,15H,8-10H2,1-7H3/t12?,13-,14-/m1/s1. The molecule has 0 amide bonds. The van der Waals surface area contributed by atoms with Crippen molar-refractivity contribution < 1.29 is 0 Å². The number of rotatable bonds is 7. The number of hydrogen-bond acceptors (Lipinski definition) is 1. The van der Waals surface area contributed by atoms with Crippen LogP contribution in [0.4, 0.5) is 0 Å². The molecule has 0 bridgehead atoms. The Kier molecular flexibility index (Phi) is 6.51. The predicted molar refractivity (Wildman–Crippen MR) is 70.2 cm³/mol. The van der Waals surface area contributed by atoms with Crippen molar-refractivity contribution in [1.29, 1.82) is 0 Å². The summed E-state index contributed by atoms with van der Waals surface area (Å²) >= 11 is 0. The van der Waals surface area contributed by atoms with Crippen LogP contribution >= 0.6 is 0 Å². The second kappa shape index (κ2) is 6.52. The molecule has 0 aliphatic carbocycles. The molecule has 0 saturated heterocycles. The Morgan fingerprint density at radius 3 is 1.87 bits per heavy atom. The molecule has 0 aliphatic heterocycles. The van der Waals surface area contributed by atoms with Gasteiger partial charge in [-0.15, -0.1) is 0 Å². The van der Waals surface area contributed by atoms with Crippen molar-refractivity contribution in [2.75, 3.05) is 7.05 Å². The molecule has 1 nitrogen and oxygen atoms in total. The van der Waals surface area contributed by atoms with Crippen molar-refractivity contribution in [2.45, 2.75) is 66.3 Å². The highest BCUT2D eigenvalue weighted by Gasteiger charge is 2.33. The molecule has 1 N–H and O–H groups in total. The Bertz CT molecular complexity index is 159. The second-order valence-corrected chi connectivity index (χ2v) is 5.49. The second-order valence-electron chi connectivity index (χ2n) is 5.49. The summed E-state index contributed by atoms with van der Waals surface area (Å²) in [5, 5.41) is 3.60. The molecule has 15 heavy (non-hydrogen) atoms. The highest BCUT2D eigenvalue weighted by molar-refractivity contribution is 4.91. The zero-order chi connectivity index (χ0) is 12.1. The van der Waals surface area contributed by atoms with Crippen LogP contribution < -0.4 is 5.32 Å². The van der Waals surface area contributed by atoms with E-state index >= 15 is 0 Å². The van der Waals surface area contributed by atoms with Gasteiger partial charge >= 0.3 is 0 Å². The van der Waals surface area contributed by atoms with Crippen molar-refractivity contribution in [3.8, 4) is 0 Å². The van der Waals surface area contributed by atoms with Crippen LogP contribution in [0.3, 0.4) is 0 Å². The van der Waals surface area contributed by atoms with E-state index in [0.29, 0.717) is 5.54 Å². The molecule has 0 aliphatic rings. The average Bonchev–Trinajstić information content (AvgIpc) is 2.24. The maximum atomic E-state index is 3.60. The lowest BCUT2D eigenvalue weighted by Gasteiger charge is -2.41. The van der Waals surface area contributed by atoms with E-state index in [-0.39, 0.29) is 0 Å². The van der Waals surface area contributed by atoms with Gasteiger partial charge < -0.3 is 5.32 Å². The lowest BCUT2D eigenvalue weighted by atomic mass is 9.73. The van der Waals surface area contributed by atoms with Crippen molar-refractivity contribution in [3.05, 3.63) is 0 Å². The molecular formula is C14H31N. The normalized spacial score (nSPS) is 20.0. The van der Waals surface area contributed by atoms with Gasteiger partial charge in [0.15, 0.2) is 0 Å². The maximum absolute atomic E-state index is 3.60. The number of nitrogens with one attached hydrogen (secondary N) is 1. The summed E-state index contributed by atoms with van der Waals surface area (Å²) in [6.07, 6.45) is 3.79. The van der Waals surface area contributed by atoms with Gasteiger partial charge in [0.2, 0.25) is 0 Å². The van der Waals surface area contributed by atoms with Crippen molar-refractivity contribution >= 4 is 0 Å². The lowest BCUT2D eigenvalue weighted by Crippen LogP contribution is -2.49. The van der Waals surface area contributed by atoms with Crippen LogP contribution in [0.15, 0.2) is 0 Å². The topological polar surface area (TPSA) is 12.0 Å². The summed E-state index contributed by atoms with van der Waals surface area (Å²) in [5.41, 5.74) is 0.346. The Morgan fingerprint density at radius 1 is 1.07 bits per heavy atom. The first-order chi connectivity index (χ1) is 6.93. The summed E-state index contributed by atoms with van der Waals surface area (Å²) in [6.45, 7) is 14.0. The summed E-state index contributed by atoms with van der Waals surface area (Å²) in [7, 11) is 2.13. The third kappa shape index (κ3) is 3.79. The fourth-order valence-electron chi connectivity index (χ4n) is 2.42. The van der Waals surface area contributed by atoms with Crippen LogP contribution in [-0.4, -0.2) is 12.6 Å². The molecule has 0 rings (SSSR count). The van der Waals surface area contributed by atoms with Gasteiger partial charge in [0.25, 0.3) is 0 Å². The summed E-state index contributed by atoms with van der Waals surface area (Å²) in [4.78, 5) is 0. The zero-order valence-electron chi connectivity index (χ0n) is 11.9. The Balaban J connectivity index is 4.63. The van der Waals surface area contributed by atoms with Crippen LogP contribution in [0.2, 0.25) is 0 Å². The average molecular weight is 213 g/mol. The van der Waals surface area contributed by atoms with E-state index in [0.717, 1.165) is 17.8 Å². The minimum Gasteiger partial charge on any atom is -0.314 e. The van der Waals surface area contributed by atoms with Crippen LogP contribution in [0.25, 0.3) is 0 Å². The third-order valence-corrected chi connectivity index (χ3v) is 4.51. The van der Waals surface area contributed by atoms with E-state index in [1.807, 2.05) is 0 Å². The Morgan fingerprint density at radius 2 is 1.60 bits per heavy atom. The molecule has 0 aromatic carbocycles. The maximum Gasteiger partial charge on any atom is 0.0203 e. The quantitative estimate of drug-likeness (QED) is 0.672. The van der Waals surface area contributed by atoms with Crippen molar-refractivity contribution in [2.24, 2.45) is 17.8 Å². The molecule has 0 aromatic heterocycles. The Labute approximate surface area is 97.0 Å². The molecule has 0 heterocycles. The van der Waals surface area contributed by atoms with Crippen molar-refractivity contribution in [1.82, 2.24) is 5.32 Å². The Hall–Kier alpha value is -0.0400. The molecule has 92 valence electrons. The van der Waals surface area contributed by atoms with Gasteiger partial charge in [-0.25, -0.2) is 0 Å². The van der Waals surface area contributed by atoms with E-state index in [9.17, 15) is 0 Å². The monoisotopic (exact) mass is 213 g/mol. The number of hydrogen-bond donors (Lipinski definition) is 1. The van der Waals surface area contributed by atoms with Crippen LogP contribution in [0.1, 0.15) is 60.8 Å². The highest BCUT2D eigenvalue weighted by Crippen LogP contribution is 2.33. The van der Waals surface area contributed by atoms with E-state index in [1.54, 1.807) is 0 Å². The minimum atomic E-state index is 0.346. The first-order valence-electron chi connectivity index (χ1n) is 6.62. The molecule has 0 aromatic rings. The first kappa shape index (κ1) is 15.0. The van der Waals surface area contributed by atoms with Gasteiger partial charge in [0.1, 0.15) is 0 Å². The molecule has 1 heteroatoms. The van der Waals surface area contributed by atoms with Crippen LogP contribution in [0.5, 0.6) is 0 Å². The van der Waals surface area contributed by atoms with Gasteiger partial charge in [-0.05, 0) is 37.6 Å². The molecule has 1 unspecified atom stereocenters. The third-order valence-electron chi connectivity index (χ3n) is 4.51. The van der Waals surface area contributed by atoms with E-state index in [1.165, 1.54) is 19.3 Å². The van der Waals surface area contributed by atoms with E-state index in [2.05, 4.69) is 53.9 Å². The summed E-state index contributed by atoms with van der Waals surface area (Å²) < 4.78 is 0. The van der Waals surface area contributed by atoms with Crippen LogP contribution in [0, 0.1) is 17.8 Å². The van der Waals surface area contributed by atoms with Gasteiger partial charge in [-0.2, -0.15) is 0 Å². The molecule has 3 atom stereocenters. The van der Waals surface area contributed by atoms with Gasteiger partial charge in [0, 0.05) is 5.54 Å². The minimum absolute atomic E-state index is 0.346. The van der Waals surface area contributed by atoms with Crippen LogP contribution in [-0.2, 0) is 0 Å². The van der Waals surface area contributed by atoms with E-state index < -0.39 is 0 Å². The lowest BCUT2D eigenvalue weighted by molar-refractivity contribution is 0.161. The highest BCUT2D eigenvalue weighted by atomic mass is 14.9.